The van der Waals surface area contributed by atoms with Gasteiger partial charge in [-0.25, -0.2) is 4.98 Å². The van der Waals surface area contributed by atoms with Crippen molar-refractivity contribution in [3.05, 3.63) is 29.6 Å². The summed E-state index contributed by atoms with van der Waals surface area (Å²) in [6.07, 6.45) is 4.76. The van der Waals surface area contributed by atoms with Crippen molar-refractivity contribution >= 4 is 16.7 Å². The summed E-state index contributed by atoms with van der Waals surface area (Å²) >= 11 is 1.53. The van der Waals surface area contributed by atoms with Crippen molar-refractivity contribution in [2.75, 3.05) is 25.7 Å². The third-order valence-electron chi connectivity index (χ3n) is 4.67. The van der Waals surface area contributed by atoms with E-state index in [2.05, 4.69) is 15.3 Å². The standard InChI is InChI=1S/C17H21N3O2S/c1-21-12-7-8-13(15(10-12)22-2)14-4-3-9-20(14)17-18-16(19-23-17)11-5-6-11/h7-8,10-11,14H,3-6,9H2,1-2H3. The smallest absolute Gasteiger partial charge is 0.205 e. The number of aromatic nitrogens is 2. The number of ether oxygens (including phenoxy) is 2. The Morgan fingerprint density at radius 3 is 2.78 bits per heavy atom. The van der Waals surface area contributed by atoms with Crippen LogP contribution >= 0.6 is 11.5 Å². The largest absolute Gasteiger partial charge is 0.497 e. The zero-order valence-electron chi connectivity index (χ0n) is 13.5. The molecule has 2 aliphatic rings. The molecule has 1 saturated carbocycles. The van der Waals surface area contributed by atoms with Crippen molar-refractivity contribution in [2.45, 2.75) is 37.6 Å². The van der Waals surface area contributed by atoms with E-state index in [0.29, 0.717) is 12.0 Å². The molecule has 1 aliphatic carbocycles. The van der Waals surface area contributed by atoms with Gasteiger partial charge < -0.3 is 14.4 Å². The first kappa shape index (κ1) is 14.8. The Hall–Kier alpha value is -1.82. The van der Waals surface area contributed by atoms with Crippen LogP contribution in [-0.4, -0.2) is 30.1 Å². The van der Waals surface area contributed by atoms with Crippen LogP contribution in [-0.2, 0) is 0 Å². The van der Waals surface area contributed by atoms with Crippen LogP contribution in [0.4, 0.5) is 5.13 Å². The first-order chi connectivity index (χ1) is 11.3. The number of hydrogen-bond donors (Lipinski definition) is 0. The summed E-state index contributed by atoms with van der Waals surface area (Å²) in [6.45, 7) is 1.03. The normalized spacial score (nSPS) is 20.8. The lowest BCUT2D eigenvalue weighted by Crippen LogP contribution is -2.22. The molecule has 0 amide bonds. The van der Waals surface area contributed by atoms with E-state index in [9.17, 15) is 0 Å². The van der Waals surface area contributed by atoms with Crippen molar-refractivity contribution in [3.63, 3.8) is 0 Å². The summed E-state index contributed by atoms with van der Waals surface area (Å²) in [5, 5.41) is 1.05. The molecule has 1 atom stereocenters. The highest BCUT2D eigenvalue weighted by atomic mass is 32.1. The van der Waals surface area contributed by atoms with E-state index >= 15 is 0 Å². The minimum Gasteiger partial charge on any atom is -0.497 e. The van der Waals surface area contributed by atoms with Gasteiger partial charge in [0.25, 0.3) is 0 Å². The second-order valence-corrected chi connectivity index (χ2v) is 6.90. The van der Waals surface area contributed by atoms with Crippen LogP contribution in [0.1, 0.15) is 49.0 Å². The van der Waals surface area contributed by atoms with Gasteiger partial charge in [-0.1, -0.05) is 0 Å². The van der Waals surface area contributed by atoms with Crippen LogP contribution < -0.4 is 14.4 Å². The highest BCUT2D eigenvalue weighted by Crippen LogP contribution is 2.44. The number of nitrogens with zero attached hydrogens (tertiary/aromatic N) is 3. The summed E-state index contributed by atoms with van der Waals surface area (Å²) in [5.74, 6) is 3.35. The third-order valence-corrected chi connectivity index (χ3v) is 5.44. The topological polar surface area (TPSA) is 47.5 Å². The van der Waals surface area contributed by atoms with Gasteiger partial charge in [0.2, 0.25) is 5.13 Å². The molecule has 1 aliphatic heterocycles. The summed E-state index contributed by atoms with van der Waals surface area (Å²) in [5.41, 5.74) is 1.20. The zero-order chi connectivity index (χ0) is 15.8. The Morgan fingerprint density at radius 1 is 1.17 bits per heavy atom. The first-order valence-electron chi connectivity index (χ1n) is 8.12. The van der Waals surface area contributed by atoms with Crippen LogP contribution in [0.5, 0.6) is 11.5 Å². The second-order valence-electron chi connectivity index (χ2n) is 6.17. The Morgan fingerprint density at radius 2 is 2.04 bits per heavy atom. The monoisotopic (exact) mass is 331 g/mol. The average Bonchev–Trinajstić information content (AvgIpc) is 3.13. The fourth-order valence-corrected chi connectivity index (χ4v) is 4.09. The molecule has 0 radical (unpaired) electrons. The van der Waals surface area contributed by atoms with Gasteiger partial charge in [-0.3, -0.25) is 0 Å². The van der Waals surface area contributed by atoms with Gasteiger partial charge in [0.15, 0.2) is 0 Å². The van der Waals surface area contributed by atoms with Gasteiger partial charge in [-0.2, -0.15) is 4.37 Å². The van der Waals surface area contributed by atoms with E-state index in [4.69, 9.17) is 14.5 Å². The molecule has 23 heavy (non-hydrogen) atoms. The number of rotatable bonds is 5. The minimum atomic E-state index is 0.302. The zero-order valence-corrected chi connectivity index (χ0v) is 14.3. The van der Waals surface area contributed by atoms with Crippen LogP contribution in [0.25, 0.3) is 0 Å². The van der Waals surface area contributed by atoms with Crippen LogP contribution in [0.2, 0.25) is 0 Å². The molecule has 2 heterocycles. The van der Waals surface area contributed by atoms with E-state index < -0.39 is 0 Å². The lowest BCUT2D eigenvalue weighted by atomic mass is 10.0. The van der Waals surface area contributed by atoms with Crippen molar-refractivity contribution in [1.29, 1.82) is 0 Å². The Bertz CT molecular complexity index is 699. The minimum absolute atomic E-state index is 0.302. The first-order valence-corrected chi connectivity index (χ1v) is 8.89. The molecule has 0 N–H and O–H groups in total. The van der Waals surface area contributed by atoms with Gasteiger partial charge in [0.1, 0.15) is 17.3 Å². The maximum atomic E-state index is 5.60. The Kier molecular flexibility index (Phi) is 3.85. The maximum absolute atomic E-state index is 5.60. The molecular formula is C17H21N3O2S. The average molecular weight is 331 g/mol. The van der Waals surface area contributed by atoms with Gasteiger partial charge in [0, 0.05) is 35.6 Å². The van der Waals surface area contributed by atoms with E-state index in [1.807, 2.05) is 12.1 Å². The highest BCUT2D eigenvalue weighted by Gasteiger charge is 2.33. The fourth-order valence-electron chi connectivity index (χ4n) is 3.26. The lowest BCUT2D eigenvalue weighted by molar-refractivity contribution is 0.388. The van der Waals surface area contributed by atoms with Crippen molar-refractivity contribution in [1.82, 2.24) is 9.36 Å². The number of hydrogen-bond acceptors (Lipinski definition) is 6. The van der Waals surface area contributed by atoms with E-state index in [1.165, 1.54) is 29.9 Å². The number of anilines is 1. The van der Waals surface area contributed by atoms with E-state index in [0.717, 1.165) is 41.8 Å². The molecule has 2 aromatic rings. The molecule has 122 valence electrons. The predicted molar refractivity (Wildman–Crippen MR) is 90.8 cm³/mol. The molecule has 1 unspecified atom stereocenters. The lowest BCUT2D eigenvalue weighted by Gasteiger charge is -2.25. The summed E-state index contributed by atoms with van der Waals surface area (Å²) < 4.78 is 15.5. The quantitative estimate of drug-likeness (QED) is 0.834. The second kappa shape index (κ2) is 6.00. The van der Waals surface area contributed by atoms with Crippen molar-refractivity contribution < 1.29 is 9.47 Å². The predicted octanol–water partition coefficient (Wildman–Crippen LogP) is 3.77. The molecular weight excluding hydrogens is 310 g/mol. The SMILES string of the molecule is COc1ccc(C2CCCN2c2nc(C3CC3)ns2)c(OC)c1. The van der Waals surface area contributed by atoms with E-state index in [-0.39, 0.29) is 0 Å². The molecule has 4 rings (SSSR count). The third kappa shape index (κ3) is 2.76. The molecule has 1 saturated heterocycles. The molecule has 0 spiro atoms. The Labute approximate surface area is 140 Å². The summed E-state index contributed by atoms with van der Waals surface area (Å²) in [4.78, 5) is 7.17. The van der Waals surface area contributed by atoms with Crippen LogP contribution in [0, 0.1) is 0 Å². The van der Waals surface area contributed by atoms with Gasteiger partial charge >= 0.3 is 0 Å². The van der Waals surface area contributed by atoms with Crippen molar-refractivity contribution in [2.24, 2.45) is 0 Å². The molecule has 1 aromatic heterocycles. The van der Waals surface area contributed by atoms with E-state index in [1.54, 1.807) is 14.2 Å². The van der Waals surface area contributed by atoms with Gasteiger partial charge in [-0.05, 0) is 37.8 Å². The van der Waals surface area contributed by atoms with Crippen LogP contribution in [0.3, 0.4) is 0 Å². The van der Waals surface area contributed by atoms with Crippen molar-refractivity contribution in [3.8, 4) is 11.5 Å². The molecule has 6 heteroatoms. The van der Waals surface area contributed by atoms with Gasteiger partial charge in [-0.15, -0.1) is 0 Å². The highest BCUT2D eigenvalue weighted by molar-refractivity contribution is 7.09. The Balaban J connectivity index is 1.64. The summed E-state index contributed by atoms with van der Waals surface area (Å²) in [7, 11) is 3.39. The molecule has 2 fully saturated rings. The molecule has 0 bridgehead atoms. The number of benzene rings is 1. The number of methoxy groups -OCH3 is 2. The summed E-state index contributed by atoms with van der Waals surface area (Å²) in [6, 6.07) is 6.38. The van der Waals surface area contributed by atoms with Crippen LogP contribution in [0.15, 0.2) is 18.2 Å². The molecule has 5 nitrogen and oxygen atoms in total. The van der Waals surface area contributed by atoms with Gasteiger partial charge in [0.05, 0.1) is 20.3 Å². The molecule has 1 aromatic carbocycles. The fraction of sp³-hybridized carbons (Fsp3) is 0.529. The maximum Gasteiger partial charge on any atom is 0.205 e.